The van der Waals surface area contributed by atoms with Gasteiger partial charge in [0.25, 0.3) is 0 Å². The minimum absolute atomic E-state index is 0.561. The summed E-state index contributed by atoms with van der Waals surface area (Å²) in [6.07, 6.45) is -0.842. The predicted octanol–water partition coefficient (Wildman–Crippen LogP) is 3.51. The molecule has 0 heterocycles. The summed E-state index contributed by atoms with van der Waals surface area (Å²) in [5.41, 5.74) is 3.43. The molecule has 0 radical (unpaired) electrons. The third-order valence-electron chi connectivity index (χ3n) is 2.90. The lowest BCUT2D eigenvalue weighted by Gasteiger charge is -2.10. The Morgan fingerprint density at radius 2 is 1.47 bits per heavy atom. The largest absolute Gasteiger partial charge is 0.479 e. The molecule has 1 N–H and O–H groups in total. The van der Waals surface area contributed by atoms with E-state index in [0.717, 1.165) is 11.1 Å². The van der Waals surface area contributed by atoms with Gasteiger partial charge in [0.05, 0.1) is 0 Å². The zero-order chi connectivity index (χ0) is 13.8. The minimum Gasteiger partial charge on any atom is -0.479 e. The fraction of sp³-hybridized carbons (Fsp3) is 0.188. The van der Waals surface area contributed by atoms with Gasteiger partial charge in [-0.15, -0.1) is 0 Å². The molecule has 3 heteroatoms. The third-order valence-corrected chi connectivity index (χ3v) is 2.90. The molecule has 0 aromatic heterocycles. The number of carboxylic acid groups (broad SMARTS) is 1. The van der Waals surface area contributed by atoms with Crippen LogP contribution >= 0.6 is 0 Å². The highest BCUT2D eigenvalue weighted by atomic mass is 16.5. The molecule has 2 aromatic carbocycles. The van der Waals surface area contributed by atoms with E-state index in [1.807, 2.05) is 19.1 Å². The molecule has 0 spiro atoms. The van der Waals surface area contributed by atoms with Crippen LogP contribution in [-0.2, 0) is 4.79 Å². The maximum atomic E-state index is 10.7. The van der Waals surface area contributed by atoms with Crippen molar-refractivity contribution in [3.05, 3.63) is 54.1 Å². The average Bonchev–Trinajstić information content (AvgIpc) is 2.40. The Labute approximate surface area is 112 Å². The van der Waals surface area contributed by atoms with Crippen molar-refractivity contribution in [3.8, 4) is 16.9 Å². The molecular formula is C16H16O3. The van der Waals surface area contributed by atoms with E-state index < -0.39 is 12.1 Å². The molecule has 0 fully saturated rings. The third kappa shape index (κ3) is 3.35. The number of aliphatic carboxylic acids is 1. The van der Waals surface area contributed by atoms with Crippen LogP contribution in [-0.4, -0.2) is 17.2 Å². The molecule has 0 saturated heterocycles. The molecule has 2 aromatic rings. The van der Waals surface area contributed by atoms with Crippen molar-refractivity contribution in [2.45, 2.75) is 20.0 Å². The summed E-state index contributed by atoms with van der Waals surface area (Å²) in [5.74, 6) is -0.409. The van der Waals surface area contributed by atoms with E-state index in [1.165, 1.54) is 12.5 Å². The lowest BCUT2D eigenvalue weighted by molar-refractivity contribution is -0.144. The second-order valence-electron chi connectivity index (χ2n) is 4.49. The van der Waals surface area contributed by atoms with Crippen LogP contribution in [0.3, 0.4) is 0 Å². The Morgan fingerprint density at radius 3 is 1.95 bits per heavy atom. The summed E-state index contributed by atoms with van der Waals surface area (Å²) in [6, 6.07) is 15.7. The van der Waals surface area contributed by atoms with Crippen molar-refractivity contribution in [1.82, 2.24) is 0 Å². The topological polar surface area (TPSA) is 46.5 Å². The summed E-state index contributed by atoms with van der Waals surface area (Å²) in [4.78, 5) is 10.7. The fourth-order valence-corrected chi connectivity index (χ4v) is 1.73. The maximum Gasteiger partial charge on any atom is 0.344 e. The summed E-state index contributed by atoms with van der Waals surface area (Å²) in [7, 11) is 0. The first-order valence-corrected chi connectivity index (χ1v) is 6.13. The smallest absolute Gasteiger partial charge is 0.344 e. The van der Waals surface area contributed by atoms with Gasteiger partial charge in [0.2, 0.25) is 0 Å². The normalized spacial score (nSPS) is 11.9. The first-order chi connectivity index (χ1) is 9.06. The second kappa shape index (κ2) is 5.57. The number of ether oxygens (including phenoxy) is 1. The highest BCUT2D eigenvalue weighted by Crippen LogP contribution is 2.23. The van der Waals surface area contributed by atoms with E-state index in [2.05, 4.69) is 24.3 Å². The molecular weight excluding hydrogens is 240 g/mol. The number of benzene rings is 2. The number of rotatable bonds is 4. The van der Waals surface area contributed by atoms with Gasteiger partial charge in [0, 0.05) is 0 Å². The van der Waals surface area contributed by atoms with Gasteiger partial charge in [-0.2, -0.15) is 0 Å². The van der Waals surface area contributed by atoms with Gasteiger partial charge >= 0.3 is 5.97 Å². The van der Waals surface area contributed by atoms with Gasteiger partial charge < -0.3 is 9.84 Å². The molecule has 0 aliphatic carbocycles. The zero-order valence-electron chi connectivity index (χ0n) is 11.0. The highest BCUT2D eigenvalue weighted by molar-refractivity contribution is 5.72. The van der Waals surface area contributed by atoms with E-state index in [9.17, 15) is 4.79 Å². The van der Waals surface area contributed by atoms with E-state index in [0.29, 0.717) is 5.75 Å². The van der Waals surface area contributed by atoms with Crippen LogP contribution in [0.1, 0.15) is 12.5 Å². The van der Waals surface area contributed by atoms with Crippen molar-refractivity contribution in [2.24, 2.45) is 0 Å². The van der Waals surface area contributed by atoms with Gasteiger partial charge in [-0.05, 0) is 37.1 Å². The van der Waals surface area contributed by atoms with E-state index in [-0.39, 0.29) is 0 Å². The standard InChI is InChI=1S/C16H16O3/c1-11-3-5-13(6-4-11)14-7-9-15(10-8-14)19-12(2)16(17)18/h3-10,12H,1-2H3,(H,17,18). The van der Waals surface area contributed by atoms with Crippen molar-refractivity contribution in [1.29, 1.82) is 0 Å². The molecule has 0 aliphatic heterocycles. The van der Waals surface area contributed by atoms with E-state index in [4.69, 9.17) is 9.84 Å². The first kappa shape index (κ1) is 13.1. The van der Waals surface area contributed by atoms with Crippen LogP contribution in [0.15, 0.2) is 48.5 Å². The number of carboxylic acids is 1. The van der Waals surface area contributed by atoms with Crippen molar-refractivity contribution in [3.63, 3.8) is 0 Å². The van der Waals surface area contributed by atoms with Crippen LogP contribution in [0, 0.1) is 6.92 Å². The van der Waals surface area contributed by atoms with Crippen LogP contribution in [0.2, 0.25) is 0 Å². The lowest BCUT2D eigenvalue weighted by atomic mass is 10.0. The molecule has 0 aliphatic rings. The summed E-state index contributed by atoms with van der Waals surface area (Å²) >= 11 is 0. The minimum atomic E-state index is -0.970. The van der Waals surface area contributed by atoms with Gasteiger partial charge in [-0.25, -0.2) is 4.79 Å². The molecule has 0 saturated carbocycles. The molecule has 1 unspecified atom stereocenters. The molecule has 19 heavy (non-hydrogen) atoms. The van der Waals surface area contributed by atoms with E-state index >= 15 is 0 Å². The van der Waals surface area contributed by atoms with E-state index in [1.54, 1.807) is 12.1 Å². The van der Waals surface area contributed by atoms with Gasteiger partial charge in [-0.1, -0.05) is 42.0 Å². The lowest BCUT2D eigenvalue weighted by Crippen LogP contribution is -2.22. The van der Waals surface area contributed by atoms with Gasteiger partial charge in [0.15, 0.2) is 6.10 Å². The van der Waals surface area contributed by atoms with Gasteiger partial charge in [0.1, 0.15) is 5.75 Å². The molecule has 3 nitrogen and oxygen atoms in total. The maximum absolute atomic E-state index is 10.7. The Balaban J connectivity index is 2.14. The monoisotopic (exact) mass is 256 g/mol. The van der Waals surface area contributed by atoms with Crippen LogP contribution in [0.4, 0.5) is 0 Å². The molecule has 2 rings (SSSR count). The summed E-state index contributed by atoms with van der Waals surface area (Å²) in [5, 5.41) is 8.78. The average molecular weight is 256 g/mol. The quantitative estimate of drug-likeness (QED) is 0.910. The van der Waals surface area contributed by atoms with Crippen LogP contribution < -0.4 is 4.74 Å². The zero-order valence-corrected chi connectivity index (χ0v) is 11.0. The Kier molecular flexibility index (Phi) is 3.85. The van der Waals surface area contributed by atoms with Crippen LogP contribution in [0.25, 0.3) is 11.1 Å². The SMILES string of the molecule is Cc1ccc(-c2ccc(OC(C)C(=O)O)cc2)cc1. The fourth-order valence-electron chi connectivity index (χ4n) is 1.73. The molecule has 0 bridgehead atoms. The Bertz CT molecular complexity index is 556. The highest BCUT2D eigenvalue weighted by Gasteiger charge is 2.12. The van der Waals surface area contributed by atoms with Crippen LogP contribution in [0.5, 0.6) is 5.75 Å². The Hall–Kier alpha value is -2.29. The van der Waals surface area contributed by atoms with Crippen molar-refractivity contribution >= 4 is 5.97 Å². The molecule has 0 amide bonds. The number of aryl methyl sites for hydroxylation is 1. The number of carbonyl (C=O) groups is 1. The predicted molar refractivity (Wildman–Crippen MR) is 74.3 cm³/mol. The number of hydrogen-bond donors (Lipinski definition) is 1. The molecule has 1 atom stereocenters. The first-order valence-electron chi connectivity index (χ1n) is 6.13. The summed E-state index contributed by atoms with van der Waals surface area (Å²) < 4.78 is 5.29. The van der Waals surface area contributed by atoms with Crippen molar-refractivity contribution in [2.75, 3.05) is 0 Å². The number of hydrogen-bond acceptors (Lipinski definition) is 2. The summed E-state index contributed by atoms with van der Waals surface area (Å²) in [6.45, 7) is 3.56. The van der Waals surface area contributed by atoms with Crippen molar-refractivity contribution < 1.29 is 14.6 Å². The van der Waals surface area contributed by atoms with Gasteiger partial charge in [-0.3, -0.25) is 0 Å². The molecule has 98 valence electrons. The second-order valence-corrected chi connectivity index (χ2v) is 4.49. The Morgan fingerprint density at radius 1 is 1.00 bits per heavy atom.